The molecule has 0 saturated heterocycles. The van der Waals surface area contributed by atoms with Crippen LogP contribution in [-0.4, -0.2) is 19.6 Å². The van der Waals surface area contributed by atoms with E-state index in [9.17, 15) is 4.39 Å². The van der Waals surface area contributed by atoms with E-state index in [1.54, 1.807) is 6.07 Å². The molecule has 1 aromatic rings. The Morgan fingerprint density at radius 2 is 2.33 bits per heavy atom. The van der Waals surface area contributed by atoms with E-state index in [2.05, 4.69) is 24.1 Å². The Morgan fingerprint density at radius 1 is 1.53 bits per heavy atom. The first-order valence-electron chi connectivity index (χ1n) is 5.49. The zero-order valence-electron chi connectivity index (χ0n) is 9.26. The van der Waals surface area contributed by atoms with E-state index in [-0.39, 0.29) is 5.82 Å². The van der Waals surface area contributed by atoms with Gasteiger partial charge in [0.05, 0.1) is 11.4 Å². The lowest BCUT2D eigenvalue weighted by atomic mass is 10.2. The third-order valence-corrected chi connectivity index (χ3v) is 2.86. The lowest BCUT2D eigenvalue weighted by Crippen LogP contribution is -2.28. The van der Waals surface area contributed by atoms with Crippen molar-refractivity contribution in [1.82, 2.24) is 0 Å². The topological polar surface area (TPSA) is 15.3 Å². The van der Waals surface area contributed by atoms with E-state index < -0.39 is 0 Å². The van der Waals surface area contributed by atoms with Crippen LogP contribution in [0.1, 0.15) is 13.8 Å². The molecular weight excluding hydrogens is 191 g/mol. The molecule has 0 spiro atoms. The zero-order valence-corrected chi connectivity index (χ0v) is 9.26. The van der Waals surface area contributed by atoms with E-state index in [1.165, 1.54) is 6.07 Å². The van der Waals surface area contributed by atoms with Crippen LogP contribution in [-0.2, 0) is 0 Å². The largest absolute Gasteiger partial charge is 0.383 e. The number of benzene rings is 1. The average molecular weight is 208 g/mol. The van der Waals surface area contributed by atoms with Gasteiger partial charge < -0.3 is 10.2 Å². The van der Waals surface area contributed by atoms with Crippen LogP contribution in [0.5, 0.6) is 0 Å². The number of fused-ring (bicyclic) bond motifs is 1. The molecule has 1 aromatic carbocycles. The number of rotatable bonds is 1. The summed E-state index contributed by atoms with van der Waals surface area (Å²) in [5, 5.41) is 3.36. The summed E-state index contributed by atoms with van der Waals surface area (Å²) in [5.41, 5.74) is 2.03. The molecule has 0 saturated carbocycles. The molecule has 1 heterocycles. The minimum atomic E-state index is -0.163. The molecule has 1 atom stereocenters. The fourth-order valence-electron chi connectivity index (χ4n) is 2.04. The Morgan fingerprint density at radius 3 is 3.07 bits per heavy atom. The summed E-state index contributed by atoms with van der Waals surface area (Å²) >= 11 is 0. The summed E-state index contributed by atoms with van der Waals surface area (Å²) in [6.45, 7) is 7.17. The van der Waals surface area contributed by atoms with Crippen molar-refractivity contribution in [2.75, 3.05) is 29.9 Å². The number of hydrogen-bond acceptors (Lipinski definition) is 2. The normalized spacial score (nSPS) is 20.5. The highest BCUT2D eigenvalue weighted by Crippen LogP contribution is 2.29. The molecule has 3 heteroatoms. The molecule has 1 N–H and O–H groups in total. The van der Waals surface area contributed by atoms with Crippen LogP contribution in [0.3, 0.4) is 0 Å². The van der Waals surface area contributed by atoms with Crippen LogP contribution < -0.4 is 10.2 Å². The maximum absolute atomic E-state index is 13.2. The molecule has 0 aromatic heterocycles. The molecule has 0 amide bonds. The van der Waals surface area contributed by atoms with Crippen molar-refractivity contribution in [3.63, 3.8) is 0 Å². The number of halogens is 1. The van der Waals surface area contributed by atoms with Gasteiger partial charge in [0.2, 0.25) is 0 Å². The van der Waals surface area contributed by atoms with E-state index in [1.807, 2.05) is 6.07 Å². The minimum absolute atomic E-state index is 0.163. The predicted octanol–water partition coefficient (Wildman–Crippen LogP) is 2.71. The average Bonchev–Trinajstić information content (AvgIpc) is 2.38. The first-order chi connectivity index (χ1) is 7.20. The first-order valence-corrected chi connectivity index (χ1v) is 5.49. The summed E-state index contributed by atoms with van der Waals surface area (Å²) < 4.78 is 13.2. The van der Waals surface area contributed by atoms with Crippen molar-refractivity contribution in [3.05, 3.63) is 24.0 Å². The van der Waals surface area contributed by atoms with Crippen LogP contribution in [0.25, 0.3) is 0 Å². The summed E-state index contributed by atoms with van der Waals surface area (Å²) in [5.74, 6) is 0.420. The van der Waals surface area contributed by atoms with Gasteiger partial charge in [-0.15, -0.1) is 0 Å². The second-order valence-electron chi connectivity index (χ2n) is 4.19. The molecule has 1 aliphatic heterocycles. The van der Waals surface area contributed by atoms with Crippen LogP contribution >= 0.6 is 0 Å². The molecule has 2 rings (SSSR count). The van der Waals surface area contributed by atoms with Crippen molar-refractivity contribution in [2.24, 2.45) is 5.92 Å². The van der Waals surface area contributed by atoms with Crippen molar-refractivity contribution < 1.29 is 4.39 Å². The lowest BCUT2D eigenvalue weighted by Gasteiger charge is -2.24. The highest BCUT2D eigenvalue weighted by atomic mass is 19.1. The van der Waals surface area contributed by atoms with Gasteiger partial charge in [-0.25, -0.2) is 4.39 Å². The molecule has 0 aliphatic carbocycles. The standard InChI is InChI=1S/C12H17FN2/c1-3-15-8-9(2)7-14-11-5-4-10(13)6-12(11)15/h4-6,9,14H,3,7-8H2,1-2H3. The molecule has 0 fully saturated rings. The monoisotopic (exact) mass is 208 g/mol. The van der Waals surface area contributed by atoms with Gasteiger partial charge >= 0.3 is 0 Å². The smallest absolute Gasteiger partial charge is 0.125 e. The number of nitrogens with one attached hydrogen (secondary N) is 1. The molecule has 1 unspecified atom stereocenters. The molecular formula is C12H17FN2. The SMILES string of the molecule is CCN1CC(C)CNc2ccc(F)cc21. The highest BCUT2D eigenvalue weighted by molar-refractivity contribution is 5.70. The summed E-state index contributed by atoms with van der Waals surface area (Å²) in [4.78, 5) is 2.23. The Balaban J connectivity index is 2.39. The maximum atomic E-state index is 13.2. The quantitative estimate of drug-likeness (QED) is 0.763. The summed E-state index contributed by atoms with van der Waals surface area (Å²) in [6.07, 6.45) is 0. The third-order valence-electron chi connectivity index (χ3n) is 2.86. The molecule has 1 aliphatic rings. The number of hydrogen-bond donors (Lipinski definition) is 1. The van der Waals surface area contributed by atoms with Crippen molar-refractivity contribution in [2.45, 2.75) is 13.8 Å². The highest BCUT2D eigenvalue weighted by Gasteiger charge is 2.18. The second-order valence-corrected chi connectivity index (χ2v) is 4.19. The van der Waals surface area contributed by atoms with Crippen LogP contribution in [0.15, 0.2) is 18.2 Å². The summed E-state index contributed by atoms with van der Waals surface area (Å²) in [6, 6.07) is 4.95. The Hall–Kier alpha value is -1.25. The van der Waals surface area contributed by atoms with Crippen LogP contribution in [0.4, 0.5) is 15.8 Å². The number of nitrogens with zero attached hydrogens (tertiary/aromatic N) is 1. The second kappa shape index (κ2) is 4.09. The van der Waals surface area contributed by atoms with Gasteiger partial charge in [-0.3, -0.25) is 0 Å². The van der Waals surface area contributed by atoms with Gasteiger partial charge in [-0.1, -0.05) is 6.92 Å². The Labute approximate surface area is 90.1 Å². The fraction of sp³-hybridized carbons (Fsp3) is 0.500. The van der Waals surface area contributed by atoms with Gasteiger partial charge in [0.25, 0.3) is 0 Å². The van der Waals surface area contributed by atoms with E-state index in [4.69, 9.17) is 0 Å². The molecule has 0 radical (unpaired) electrons. The van der Waals surface area contributed by atoms with Crippen LogP contribution in [0.2, 0.25) is 0 Å². The van der Waals surface area contributed by atoms with Gasteiger partial charge in [0, 0.05) is 19.6 Å². The molecule has 82 valence electrons. The van der Waals surface area contributed by atoms with Crippen molar-refractivity contribution in [3.8, 4) is 0 Å². The summed E-state index contributed by atoms with van der Waals surface area (Å²) in [7, 11) is 0. The molecule has 15 heavy (non-hydrogen) atoms. The lowest BCUT2D eigenvalue weighted by molar-refractivity contribution is 0.599. The van der Waals surface area contributed by atoms with E-state index >= 15 is 0 Å². The number of anilines is 2. The van der Waals surface area contributed by atoms with Crippen molar-refractivity contribution in [1.29, 1.82) is 0 Å². The fourth-order valence-corrected chi connectivity index (χ4v) is 2.04. The van der Waals surface area contributed by atoms with E-state index in [0.717, 1.165) is 31.0 Å². The zero-order chi connectivity index (χ0) is 10.8. The first kappa shape index (κ1) is 10.3. The minimum Gasteiger partial charge on any atom is -0.383 e. The third kappa shape index (κ3) is 2.06. The van der Waals surface area contributed by atoms with Crippen molar-refractivity contribution >= 4 is 11.4 Å². The maximum Gasteiger partial charge on any atom is 0.125 e. The van der Waals surface area contributed by atoms with Gasteiger partial charge in [0.15, 0.2) is 0 Å². The van der Waals surface area contributed by atoms with Gasteiger partial charge in [-0.05, 0) is 31.0 Å². The Kier molecular flexibility index (Phi) is 2.80. The predicted molar refractivity (Wildman–Crippen MR) is 61.9 cm³/mol. The van der Waals surface area contributed by atoms with E-state index in [0.29, 0.717) is 5.92 Å². The molecule has 2 nitrogen and oxygen atoms in total. The van der Waals surface area contributed by atoms with Gasteiger partial charge in [-0.2, -0.15) is 0 Å². The van der Waals surface area contributed by atoms with Gasteiger partial charge in [0.1, 0.15) is 5.82 Å². The Bertz CT molecular complexity index is 351. The molecule has 0 bridgehead atoms. The van der Waals surface area contributed by atoms with Crippen LogP contribution in [0, 0.1) is 11.7 Å².